The molecule has 1 atom stereocenters. The maximum absolute atomic E-state index is 12.4. The van der Waals surface area contributed by atoms with Crippen molar-refractivity contribution in [3.63, 3.8) is 0 Å². The Morgan fingerprint density at radius 2 is 1.91 bits per heavy atom. The van der Waals surface area contributed by atoms with Gasteiger partial charge in [-0.15, -0.1) is 15.3 Å². The summed E-state index contributed by atoms with van der Waals surface area (Å²) in [5, 5.41) is 19.3. The van der Waals surface area contributed by atoms with Crippen LogP contribution in [0.3, 0.4) is 0 Å². The Labute approximate surface area is 197 Å². The van der Waals surface area contributed by atoms with E-state index in [4.69, 9.17) is 9.47 Å². The number of hydrogen-bond acceptors (Lipinski definition) is 7. The summed E-state index contributed by atoms with van der Waals surface area (Å²) < 4.78 is 12.5. The zero-order chi connectivity index (χ0) is 23.3. The number of ether oxygens (including phenoxy) is 2. The summed E-state index contributed by atoms with van der Waals surface area (Å²) in [7, 11) is 0. The van der Waals surface area contributed by atoms with E-state index in [1.807, 2.05) is 48.5 Å². The number of aryl methyl sites for hydroxylation is 1. The van der Waals surface area contributed by atoms with Crippen molar-refractivity contribution in [3.05, 3.63) is 77.6 Å². The molecule has 9 nitrogen and oxygen atoms in total. The van der Waals surface area contributed by atoms with E-state index in [0.29, 0.717) is 43.2 Å². The summed E-state index contributed by atoms with van der Waals surface area (Å²) in [6.45, 7) is 3.53. The molecule has 34 heavy (non-hydrogen) atoms. The Morgan fingerprint density at radius 3 is 2.79 bits per heavy atom. The zero-order valence-electron chi connectivity index (χ0n) is 18.9. The topological polar surface area (TPSA) is 103 Å². The Balaban J connectivity index is 1.16. The quantitative estimate of drug-likeness (QED) is 0.397. The average molecular weight is 459 g/mol. The third-order valence-electron chi connectivity index (χ3n) is 5.79. The Bertz CT molecular complexity index is 1290. The highest BCUT2D eigenvalue weighted by atomic mass is 16.7. The van der Waals surface area contributed by atoms with Crippen LogP contribution in [0.25, 0.3) is 5.65 Å². The molecule has 0 spiro atoms. The number of amides is 1. The molecule has 2 aromatic carbocycles. The number of nitrogens with zero attached hydrogens (tertiary/aromatic N) is 4. The van der Waals surface area contributed by atoms with Crippen molar-refractivity contribution >= 4 is 17.4 Å². The molecule has 3 heterocycles. The molecule has 0 bridgehead atoms. The van der Waals surface area contributed by atoms with Crippen molar-refractivity contribution in [1.82, 2.24) is 25.1 Å². The molecule has 1 aliphatic heterocycles. The summed E-state index contributed by atoms with van der Waals surface area (Å²) in [5.41, 5.74) is 2.90. The molecule has 0 saturated carbocycles. The zero-order valence-corrected chi connectivity index (χ0v) is 18.9. The van der Waals surface area contributed by atoms with Gasteiger partial charge < -0.3 is 20.1 Å². The van der Waals surface area contributed by atoms with Gasteiger partial charge in [0.05, 0.1) is 0 Å². The Hall–Kier alpha value is -4.14. The van der Waals surface area contributed by atoms with Gasteiger partial charge in [-0.3, -0.25) is 4.79 Å². The van der Waals surface area contributed by atoms with E-state index in [0.717, 1.165) is 17.1 Å². The van der Waals surface area contributed by atoms with Crippen molar-refractivity contribution < 1.29 is 14.3 Å². The van der Waals surface area contributed by atoms with Crippen LogP contribution in [-0.2, 0) is 17.8 Å². The summed E-state index contributed by atoms with van der Waals surface area (Å²) in [5.74, 6) is 3.08. The van der Waals surface area contributed by atoms with Gasteiger partial charge in [0.15, 0.2) is 23.0 Å². The lowest BCUT2D eigenvalue weighted by Gasteiger charge is -2.13. The van der Waals surface area contributed by atoms with Gasteiger partial charge in [0.1, 0.15) is 5.82 Å². The second kappa shape index (κ2) is 9.78. The highest BCUT2D eigenvalue weighted by molar-refractivity contribution is 5.76. The van der Waals surface area contributed by atoms with Gasteiger partial charge >= 0.3 is 0 Å². The number of fused-ring (bicyclic) bond motifs is 2. The van der Waals surface area contributed by atoms with Crippen LogP contribution in [0.5, 0.6) is 11.5 Å². The van der Waals surface area contributed by atoms with E-state index in [1.54, 1.807) is 4.52 Å². The Kier molecular flexibility index (Phi) is 6.24. The van der Waals surface area contributed by atoms with E-state index in [2.05, 4.69) is 45.0 Å². The van der Waals surface area contributed by atoms with Gasteiger partial charge in [-0.1, -0.05) is 43.3 Å². The first-order valence-electron chi connectivity index (χ1n) is 11.3. The molecule has 0 fully saturated rings. The minimum absolute atomic E-state index is 0.0170. The Morgan fingerprint density at radius 1 is 1.06 bits per heavy atom. The van der Waals surface area contributed by atoms with Crippen molar-refractivity contribution in [2.45, 2.75) is 32.2 Å². The molecule has 0 aliphatic carbocycles. The molecular weight excluding hydrogens is 432 g/mol. The minimum atomic E-state index is -0.0170. The van der Waals surface area contributed by atoms with Crippen LogP contribution in [0.15, 0.2) is 60.7 Å². The van der Waals surface area contributed by atoms with Crippen LogP contribution in [-0.4, -0.2) is 39.1 Å². The number of anilines is 1. The second-order valence-corrected chi connectivity index (χ2v) is 8.26. The first-order valence-corrected chi connectivity index (χ1v) is 11.3. The van der Waals surface area contributed by atoms with E-state index in [9.17, 15) is 4.79 Å². The van der Waals surface area contributed by atoms with Crippen LogP contribution in [0.4, 0.5) is 5.82 Å². The molecule has 174 valence electrons. The van der Waals surface area contributed by atoms with E-state index in [-0.39, 0.29) is 18.6 Å². The highest BCUT2D eigenvalue weighted by Crippen LogP contribution is 2.32. The minimum Gasteiger partial charge on any atom is -0.454 e. The SMILES string of the molecule is C[C@@H](CNC(=O)CCc1nnc2ccc(NCc3ccc4c(c3)OCO4)nn12)c1ccccc1. The number of nitrogens with one attached hydrogen (secondary N) is 2. The lowest BCUT2D eigenvalue weighted by atomic mass is 10.0. The number of rotatable bonds is 9. The molecule has 0 unspecified atom stereocenters. The van der Waals surface area contributed by atoms with Gasteiger partial charge in [-0.2, -0.15) is 4.52 Å². The molecule has 4 aromatic rings. The lowest BCUT2D eigenvalue weighted by Crippen LogP contribution is -2.27. The van der Waals surface area contributed by atoms with Crippen molar-refractivity contribution in [2.75, 3.05) is 18.7 Å². The van der Waals surface area contributed by atoms with Crippen LogP contribution in [0.2, 0.25) is 0 Å². The average Bonchev–Trinajstić information content (AvgIpc) is 3.51. The van der Waals surface area contributed by atoms with Crippen LogP contribution < -0.4 is 20.1 Å². The predicted octanol–water partition coefficient (Wildman–Crippen LogP) is 3.32. The monoisotopic (exact) mass is 458 g/mol. The van der Waals surface area contributed by atoms with E-state index in [1.165, 1.54) is 5.56 Å². The van der Waals surface area contributed by atoms with E-state index < -0.39 is 0 Å². The van der Waals surface area contributed by atoms with E-state index >= 15 is 0 Å². The van der Waals surface area contributed by atoms with Gasteiger partial charge in [0, 0.05) is 25.9 Å². The molecule has 5 rings (SSSR count). The highest BCUT2D eigenvalue weighted by Gasteiger charge is 2.14. The molecule has 2 N–H and O–H groups in total. The molecule has 2 aromatic heterocycles. The maximum atomic E-state index is 12.4. The third-order valence-corrected chi connectivity index (χ3v) is 5.79. The molecule has 1 aliphatic rings. The predicted molar refractivity (Wildman–Crippen MR) is 127 cm³/mol. The van der Waals surface area contributed by atoms with Crippen LogP contribution in [0.1, 0.15) is 36.2 Å². The smallest absolute Gasteiger partial charge is 0.231 e. The van der Waals surface area contributed by atoms with Crippen LogP contribution in [0, 0.1) is 0 Å². The summed E-state index contributed by atoms with van der Waals surface area (Å²) in [4.78, 5) is 12.4. The standard InChI is InChI=1S/C25H26N6O3/c1-17(19-5-3-2-4-6-19)14-27-25(32)12-11-24-29-28-23-10-9-22(30-31(23)24)26-15-18-7-8-20-21(13-18)34-16-33-20/h2-10,13,17H,11-12,14-16H2,1H3,(H,26,30)(H,27,32)/t17-/m0/s1. The first-order chi connectivity index (χ1) is 16.7. The lowest BCUT2D eigenvalue weighted by molar-refractivity contribution is -0.121. The molecule has 0 radical (unpaired) electrons. The number of carbonyl (C=O) groups is 1. The number of aromatic nitrogens is 4. The fraction of sp³-hybridized carbons (Fsp3) is 0.280. The number of benzene rings is 2. The third kappa shape index (κ3) is 4.93. The largest absolute Gasteiger partial charge is 0.454 e. The van der Waals surface area contributed by atoms with Crippen molar-refractivity contribution in [2.24, 2.45) is 0 Å². The summed E-state index contributed by atoms with van der Waals surface area (Å²) in [6, 6.07) is 19.7. The van der Waals surface area contributed by atoms with Crippen molar-refractivity contribution in [1.29, 1.82) is 0 Å². The number of carbonyl (C=O) groups excluding carboxylic acids is 1. The van der Waals surface area contributed by atoms with Crippen molar-refractivity contribution in [3.8, 4) is 11.5 Å². The summed E-state index contributed by atoms with van der Waals surface area (Å²) in [6.07, 6.45) is 0.768. The fourth-order valence-electron chi connectivity index (χ4n) is 3.81. The summed E-state index contributed by atoms with van der Waals surface area (Å²) >= 11 is 0. The van der Waals surface area contributed by atoms with Crippen LogP contribution >= 0.6 is 0 Å². The van der Waals surface area contributed by atoms with Gasteiger partial charge in [0.25, 0.3) is 0 Å². The molecule has 1 amide bonds. The maximum Gasteiger partial charge on any atom is 0.231 e. The molecule has 0 saturated heterocycles. The van der Waals surface area contributed by atoms with Gasteiger partial charge in [-0.25, -0.2) is 0 Å². The first kappa shape index (κ1) is 21.7. The normalized spacial score (nSPS) is 13.1. The number of hydrogen-bond donors (Lipinski definition) is 2. The molecule has 9 heteroatoms. The second-order valence-electron chi connectivity index (χ2n) is 8.26. The van der Waals surface area contributed by atoms with Gasteiger partial charge in [-0.05, 0) is 41.3 Å². The fourth-order valence-corrected chi connectivity index (χ4v) is 3.81. The van der Waals surface area contributed by atoms with Gasteiger partial charge in [0.2, 0.25) is 12.7 Å². The molecular formula is C25H26N6O3.